The molecule has 3 rings (SSSR count). The molecule has 1 amide bonds. The quantitative estimate of drug-likeness (QED) is 0.929. The number of carbonyl (C=O) groups is 1. The molecule has 23 heavy (non-hydrogen) atoms. The topological polar surface area (TPSA) is 84.2 Å². The van der Waals surface area contributed by atoms with Crippen LogP contribution in [0.2, 0.25) is 0 Å². The van der Waals surface area contributed by atoms with Crippen LogP contribution in [0.1, 0.15) is 46.9 Å². The van der Waals surface area contributed by atoms with Gasteiger partial charge in [-0.3, -0.25) is 4.79 Å². The molecule has 1 N–H and O–H groups in total. The van der Waals surface area contributed by atoms with Gasteiger partial charge in [-0.2, -0.15) is 0 Å². The molecular weight excluding hydrogens is 294 g/mol. The second-order valence-corrected chi connectivity index (χ2v) is 5.85. The summed E-state index contributed by atoms with van der Waals surface area (Å²) in [5.74, 6) is 1.10. The molecule has 1 fully saturated rings. The molecule has 1 saturated heterocycles. The summed E-state index contributed by atoms with van der Waals surface area (Å²) in [4.78, 5) is 23.3. The van der Waals surface area contributed by atoms with Gasteiger partial charge < -0.3 is 14.7 Å². The van der Waals surface area contributed by atoms with Gasteiger partial charge in [-0.05, 0) is 39.2 Å². The number of aryl methyl sites for hydroxylation is 2. The third-order valence-electron chi connectivity index (χ3n) is 3.83. The Bertz CT molecular complexity index is 692. The minimum Gasteiger partial charge on any atom is -0.361 e. The maximum atomic E-state index is 12.0. The number of rotatable bonds is 4. The summed E-state index contributed by atoms with van der Waals surface area (Å²) in [6.45, 7) is 6.03. The SMILES string of the molecule is Cc1cc(CNC(=O)c2cc(C)on2)nc(N2CCCCC2)n1. The fraction of sp³-hybridized carbons (Fsp3) is 0.500. The highest BCUT2D eigenvalue weighted by atomic mass is 16.5. The molecule has 0 saturated carbocycles. The number of aromatic nitrogens is 3. The first kappa shape index (κ1) is 15.5. The molecule has 0 aliphatic carbocycles. The molecule has 7 heteroatoms. The van der Waals surface area contributed by atoms with Gasteiger partial charge in [0, 0.05) is 24.8 Å². The monoisotopic (exact) mass is 315 g/mol. The number of piperidine rings is 1. The molecule has 0 aromatic carbocycles. The van der Waals surface area contributed by atoms with Gasteiger partial charge in [0.25, 0.3) is 5.91 Å². The molecule has 2 aromatic heterocycles. The maximum Gasteiger partial charge on any atom is 0.273 e. The summed E-state index contributed by atoms with van der Waals surface area (Å²) in [5.41, 5.74) is 1.98. The molecule has 0 atom stereocenters. The minimum absolute atomic E-state index is 0.266. The average Bonchev–Trinajstić information content (AvgIpc) is 2.99. The van der Waals surface area contributed by atoms with Crippen molar-refractivity contribution in [3.63, 3.8) is 0 Å². The van der Waals surface area contributed by atoms with Gasteiger partial charge in [0.15, 0.2) is 5.69 Å². The van der Waals surface area contributed by atoms with Crippen molar-refractivity contribution in [2.45, 2.75) is 39.7 Å². The van der Waals surface area contributed by atoms with Gasteiger partial charge >= 0.3 is 0 Å². The summed E-state index contributed by atoms with van der Waals surface area (Å²) >= 11 is 0. The second kappa shape index (κ2) is 6.76. The van der Waals surface area contributed by atoms with Crippen LogP contribution in [-0.4, -0.2) is 34.1 Å². The summed E-state index contributed by atoms with van der Waals surface area (Å²) < 4.78 is 4.91. The first-order valence-corrected chi connectivity index (χ1v) is 7.93. The van der Waals surface area contributed by atoms with Gasteiger partial charge in [-0.15, -0.1) is 0 Å². The zero-order chi connectivity index (χ0) is 16.2. The van der Waals surface area contributed by atoms with Gasteiger partial charge in [0.1, 0.15) is 5.76 Å². The number of anilines is 1. The zero-order valence-corrected chi connectivity index (χ0v) is 13.5. The smallest absolute Gasteiger partial charge is 0.273 e. The normalized spacial score (nSPS) is 14.8. The van der Waals surface area contributed by atoms with E-state index in [9.17, 15) is 4.79 Å². The first-order chi connectivity index (χ1) is 11.1. The Morgan fingerprint density at radius 2 is 2.00 bits per heavy atom. The van der Waals surface area contributed by atoms with Crippen molar-refractivity contribution in [1.29, 1.82) is 0 Å². The Balaban J connectivity index is 1.67. The van der Waals surface area contributed by atoms with Crippen molar-refractivity contribution >= 4 is 11.9 Å². The highest BCUT2D eigenvalue weighted by Crippen LogP contribution is 2.16. The van der Waals surface area contributed by atoms with Crippen molar-refractivity contribution in [2.75, 3.05) is 18.0 Å². The van der Waals surface area contributed by atoms with Gasteiger partial charge in [0.2, 0.25) is 5.95 Å². The Morgan fingerprint density at radius 1 is 1.22 bits per heavy atom. The third-order valence-corrected chi connectivity index (χ3v) is 3.83. The molecule has 0 radical (unpaired) electrons. The maximum absolute atomic E-state index is 12.0. The Labute approximate surface area is 135 Å². The van der Waals surface area contributed by atoms with Crippen LogP contribution in [0.3, 0.4) is 0 Å². The predicted molar refractivity (Wildman–Crippen MR) is 85.2 cm³/mol. The Hall–Kier alpha value is -2.44. The molecule has 0 unspecified atom stereocenters. The van der Waals surface area contributed by atoms with E-state index in [1.165, 1.54) is 19.3 Å². The summed E-state index contributed by atoms with van der Waals surface area (Å²) in [6, 6.07) is 3.50. The lowest BCUT2D eigenvalue weighted by Gasteiger charge is -2.27. The van der Waals surface area contributed by atoms with Gasteiger partial charge in [-0.1, -0.05) is 5.16 Å². The average molecular weight is 315 g/mol. The third kappa shape index (κ3) is 3.85. The Morgan fingerprint density at radius 3 is 2.70 bits per heavy atom. The van der Waals surface area contributed by atoms with Crippen LogP contribution in [0.25, 0.3) is 0 Å². The number of amides is 1. The van der Waals surface area contributed by atoms with Crippen LogP contribution in [0.4, 0.5) is 5.95 Å². The molecule has 0 spiro atoms. The van der Waals surface area contributed by atoms with Gasteiger partial charge in [-0.25, -0.2) is 9.97 Å². The van der Waals surface area contributed by atoms with E-state index >= 15 is 0 Å². The molecule has 7 nitrogen and oxygen atoms in total. The molecular formula is C16H21N5O2. The van der Waals surface area contributed by atoms with Crippen LogP contribution in [0.15, 0.2) is 16.7 Å². The minimum atomic E-state index is -0.266. The van der Waals surface area contributed by atoms with E-state index in [-0.39, 0.29) is 11.6 Å². The predicted octanol–water partition coefficient (Wildman–Crippen LogP) is 2.00. The molecule has 0 bridgehead atoms. The van der Waals surface area contributed by atoms with E-state index in [0.717, 1.165) is 30.4 Å². The summed E-state index contributed by atoms with van der Waals surface area (Å²) in [5, 5.41) is 6.52. The van der Waals surface area contributed by atoms with Crippen molar-refractivity contribution in [1.82, 2.24) is 20.4 Å². The van der Waals surface area contributed by atoms with E-state index in [2.05, 4.69) is 25.3 Å². The molecule has 1 aliphatic rings. The highest BCUT2D eigenvalue weighted by Gasteiger charge is 2.15. The lowest BCUT2D eigenvalue weighted by atomic mass is 10.1. The van der Waals surface area contributed by atoms with Crippen LogP contribution in [0, 0.1) is 13.8 Å². The number of nitrogens with zero attached hydrogens (tertiary/aromatic N) is 4. The van der Waals surface area contributed by atoms with Crippen molar-refractivity contribution in [3.05, 3.63) is 35.0 Å². The van der Waals surface area contributed by atoms with Crippen LogP contribution < -0.4 is 10.2 Å². The second-order valence-electron chi connectivity index (χ2n) is 5.85. The van der Waals surface area contributed by atoms with Crippen LogP contribution in [0.5, 0.6) is 0 Å². The van der Waals surface area contributed by atoms with Crippen molar-refractivity contribution < 1.29 is 9.32 Å². The molecule has 1 aliphatic heterocycles. The van der Waals surface area contributed by atoms with E-state index in [0.29, 0.717) is 12.3 Å². The lowest BCUT2D eigenvalue weighted by Crippen LogP contribution is -2.32. The fourth-order valence-corrected chi connectivity index (χ4v) is 2.68. The number of nitrogens with one attached hydrogen (secondary N) is 1. The molecule has 3 heterocycles. The van der Waals surface area contributed by atoms with Gasteiger partial charge in [0.05, 0.1) is 12.2 Å². The summed E-state index contributed by atoms with van der Waals surface area (Å²) in [7, 11) is 0. The standard InChI is InChI=1S/C16H21N5O2/c1-11-8-13(10-17-15(22)14-9-12(2)23-20-14)19-16(18-11)21-6-4-3-5-7-21/h8-9H,3-7,10H2,1-2H3,(H,17,22). The molecule has 2 aromatic rings. The lowest BCUT2D eigenvalue weighted by molar-refractivity contribution is 0.0941. The van der Waals surface area contributed by atoms with E-state index in [1.54, 1.807) is 13.0 Å². The summed E-state index contributed by atoms with van der Waals surface area (Å²) in [6.07, 6.45) is 3.62. The van der Waals surface area contributed by atoms with Crippen LogP contribution >= 0.6 is 0 Å². The first-order valence-electron chi connectivity index (χ1n) is 7.93. The van der Waals surface area contributed by atoms with E-state index < -0.39 is 0 Å². The number of hydrogen-bond acceptors (Lipinski definition) is 6. The highest BCUT2D eigenvalue weighted by molar-refractivity contribution is 5.92. The zero-order valence-electron chi connectivity index (χ0n) is 13.5. The number of carbonyl (C=O) groups excluding carboxylic acids is 1. The van der Waals surface area contributed by atoms with E-state index in [4.69, 9.17) is 4.52 Å². The van der Waals surface area contributed by atoms with E-state index in [1.807, 2.05) is 13.0 Å². The Kier molecular flexibility index (Phi) is 4.55. The van der Waals surface area contributed by atoms with Crippen molar-refractivity contribution in [2.24, 2.45) is 0 Å². The fourth-order valence-electron chi connectivity index (χ4n) is 2.68. The van der Waals surface area contributed by atoms with Crippen molar-refractivity contribution in [3.8, 4) is 0 Å². The molecule has 122 valence electrons. The van der Waals surface area contributed by atoms with Crippen LogP contribution in [-0.2, 0) is 6.54 Å². The number of hydrogen-bond donors (Lipinski definition) is 1. The largest absolute Gasteiger partial charge is 0.361 e.